The summed E-state index contributed by atoms with van der Waals surface area (Å²) in [6.45, 7) is 5.19. The van der Waals surface area contributed by atoms with E-state index in [0.717, 1.165) is 13.0 Å². The summed E-state index contributed by atoms with van der Waals surface area (Å²) in [7, 11) is 3.39. The van der Waals surface area contributed by atoms with Crippen LogP contribution in [0, 0.1) is 5.92 Å². The van der Waals surface area contributed by atoms with Crippen molar-refractivity contribution in [1.82, 2.24) is 15.1 Å². The predicted octanol–water partition coefficient (Wildman–Crippen LogP) is 1.64. The second-order valence-corrected chi connectivity index (χ2v) is 4.40. The van der Waals surface area contributed by atoms with E-state index in [1.165, 1.54) is 4.90 Å². The van der Waals surface area contributed by atoms with E-state index < -0.39 is 0 Å². The Morgan fingerprint density at radius 3 is 2.59 bits per heavy atom. The van der Waals surface area contributed by atoms with Gasteiger partial charge in [-0.2, -0.15) is 0 Å². The Morgan fingerprint density at radius 1 is 1.41 bits per heavy atom. The van der Waals surface area contributed by atoms with E-state index in [2.05, 4.69) is 29.4 Å². The number of nitrogens with zero attached hydrogens (tertiary/aromatic N) is 3. The Morgan fingerprint density at radius 2 is 2.12 bits per heavy atom. The highest BCUT2D eigenvalue weighted by Gasteiger charge is 2.09. The van der Waals surface area contributed by atoms with Crippen molar-refractivity contribution in [2.45, 2.75) is 20.3 Å². The van der Waals surface area contributed by atoms with Crippen LogP contribution in [-0.2, 0) is 0 Å². The average Bonchev–Trinajstić information content (AvgIpc) is 2.35. The van der Waals surface area contributed by atoms with Crippen LogP contribution in [0.1, 0.15) is 30.8 Å². The molecule has 0 saturated carbocycles. The number of rotatable bonds is 5. The monoisotopic (exact) mass is 236 g/mol. The highest BCUT2D eigenvalue weighted by Crippen LogP contribution is 2.06. The van der Waals surface area contributed by atoms with Crippen LogP contribution < -0.4 is 5.32 Å². The topological polar surface area (TPSA) is 58.1 Å². The molecule has 1 atom stereocenters. The van der Waals surface area contributed by atoms with Crippen molar-refractivity contribution in [2.24, 2.45) is 5.92 Å². The van der Waals surface area contributed by atoms with Crippen molar-refractivity contribution < 1.29 is 4.79 Å². The van der Waals surface area contributed by atoms with Gasteiger partial charge < -0.3 is 10.2 Å². The molecule has 1 aromatic rings. The summed E-state index contributed by atoms with van der Waals surface area (Å²) in [5.74, 6) is 1.17. The molecule has 0 aliphatic carbocycles. The predicted molar refractivity (Wildman–Crippen MR) is 68.0 cm³/mol. The van der Waals surface area contributed by atoms with Gasteiger partial charge in [0, 0.05) is 20.6 Å². The Balaban J connectivity index is 2.59. The molecular formula is C12H20N4O. The van der Waals surface area contributed by atoms with Crippen LogP contribution in [-0.4, -0.2) is 41.6 Å². The van der Waals surface area contributed by atoms with Crippen LogP contribution in [0.2, 0.25) is 0 Å². The second kappa shape index (κ2) is 6.18. The number of hydrogen-bond donors (Lipinski definition) is 1. The van der Waals surface area contributed by atoms with Gasteiger partial charge in [0.15, 0.2) is 5.69 Å². The number of amides is 1. The van der Waals surface area contributed by atoms with E-state index in [1.54, 1.807) is 26.2 Å². The Labute approximate surface area is 102 Å². The third-order valence-corrected chi connectivity index (χ3v) is 2.62. The molecule has 0 spiro atoms. The van der Waals surface area contributed by atoms with Gasteiger partial charge in [-0.15, -0.1) is 10.2 Å². The van der Waals surface area contributed by atoms with Crippen LogP contribution >= 0.6 is 0 Å². The Bertz CT molecular complexity index is 361. The van der Waals surface area contributed by atoms with E-state index in [9.17, 15) is 4.79 Å². The number of aromatic nitrogens is 2. The zero-order chi connectivity index (χ0) is 12.8. The van der Waals surface area contributed by atoms with Crippen LogP contribution in [0.15, 0.2) is 12.1 Å². The van der Waals surface area contributed by atoms with E-state index in [1.807, 2.05) is 0 Å². The zero-order valence-corrected chi connectivity index (χ0v) is 10.9. The lowest BCUT2D eigenvalue weighted by molar-refractivity contribution is 0.0821. The molecule has 0 aliphatic rings. The molecule has 1 aromatic heterocycles. The quantitative estimate of drug-likeness (QED) is 0.844. The van der Waals surface area contributed by atoms with Gasteiger partial charge in [0.05, 0.1) is 0 Å². The molecule has 0 fully saturated rings. The first-order chi connectivity index (χ1) is 8.04. The molecule has 1 rings (SSSR count). The van der Waals surface area contributed by atoms with Crippen molar-refractivity contribution in [3.05, 3.63) is 17.8 Å². The SMILES string of the molecule is CCC(C)CNc1ccc(C(=O)N(C)C)nn1. The van der Waals surface area contributed by atoms with Gasteiger partial charge in [-0.3, -0.25) is 4.79 Å². The highest BCUT2D eigenvalue weighted by atomic mass is 16.2. The first-order valence-electron chi connectivity index (χ1n) is 5.83. The third kappa shape index (κ3) is 4.01. The molecule has 1 unspecified atom stereocenters. The molecule has 0 aliphatic heterocycles. The molecule has 1 amide bonds. The van der Waals surface area contributed by atoms with Crippen molar-refractivity contribution >= 4 is 11.7 Å². The molecule has 5 heteroatoms. The van der Waals surface area contributed by atoms with Crippen molar-refractivity contribution in [3.63, 3.8) is 0 Å². The maximum Gasteiger partial charge on any atom is 0.273 e. The third-order valence-electron chi connectivity index (χ3n) is 2.62. The highest BCUT2D eigenvalue weighted by molar-refractivity contribution is 5.91. The molecule has 0 radical (unpaired) electrons. The van der Waals surface area contributed by atoms with Gasteiger partial charge in [0.2, 0.25) is 0 Å². The summed E-state index contributed by atoms with van der Waals surface area (Å²) in [5, 5.41) is 11.1. The fraction of sp³-hybridized carbons (Fsp3) is 0.583. The summed E-state index contributed by atoms with van der Waals surface area (Å²) in [4.78, 5) is 13.1. The van der Waals surface area contributed by atoms with E-state index in [0.29, 0.717) is 17.4 Å². The molecular weight excluding hydrogens is 216 g/mol. The van der Waals surface area contributed by atoms with Gasteiger partial charge in [0.25, 0.3) is 5.91 Å². The van der Waals surface area contributed by atoms with Crippen LogP contribution in [0.4, 0.5) is 5.82 Å². The Kier molecular flexibility index (Phi) is 4.87. The van der Waals surface area contributed by atoms with Gasteiger partial charge in [0.1, 0.15) is 5.82 Å². The van der Waals surface area contributed by atoms with Crippen LogP contribution in [0.5, 0.6) is 0 Å². The molecule has 94 valence electrons. The van der Waals surface area contributed by atoms with Crippen molar-refractivity contribution in [2.75, 3.05) is 26.0 Å². The zero-order valence-electron chi connectivity index (χ0n) is 10.9. The fourth-order valence-corrected chi connectivity index (χ4v) is 1.19. The number of carbonyl (C=O) groups excluding carboxylic acids is 1. The molecule has 1 N–H and O–H groups in total. The minimum absolute atomic E-state index is 0.133. The summed E-state index contributed by atoms with van der Waals surface area (Å²) in [6.07, 6.45) is 1.12. The first-order valence-corrected chi connectivity index (χ1v) is 5.83. The summed E-state index contributed by atoms with van der Waals surface area (Å²) < 4.78 is 0. The lowest BCUT2D eigenvalue weighted by Crippen LogP contribution is -2.23. The summed E-state index contributed by atoms with van der Waals surface area (Å²) >= 11 is 0. The standard InChI is InChI=1S/C12H20N4O/c1-5-9(2)8-13-11-7-6-10(14-15-11)12(17)16(3)4/h6-7,9H,5,8H2,1-4H3,(H,13,15). The minimum Gasteiger partial charge on any atom is -0.368 e. The normalized spacial score (nSPS) is 12.0. The molecule has 0 bridgehead atoms. The maximum absolute atomic E-state index is 11.6. The Hall–Kier alpha value is -1.65. The summed E-state index contributed by atoms with van der Waals surface area (Å²) in [5.41, 5.74) is 0.365. The maximum atomic E-state index is 11.6. The first kappa shape index (κ1) is 13.4. The fourth-order valence-electron chi connectivity index (χ4n) is 1.19. The molecule has 17 heavy (non-hydrogen) atoms. The average molecular weight is 236 g/mol. The van der Waals surface area contributed by atoms with E-state index in [-0.39, 0.29) is 5.91 Å². The smallest absolute Gasteiger partial charge is 0.273 e. The van der Waals surface area contributed by atoms with Crippen LogP contribution in [0.25, 0.3) is 0 Å². The number of hydrogen-bond acceptors (Lipinski definition) is 4. The van der Waals surface area contributed by atoms with Gasteiger partial charge >= 0.3 is 0 Å². The summed E-state index contributed by atoms with van der Waals surface area (Å²) in [6, 6.07) is 3.47. The van der Waals surface area contributed by atoms with Gasteiger partial charge in [-0.1, -0.05) is 20.3 Å². The van der Waals surface area contributed by atoms with E-state index >= 15 is 0 Å². The minimum atomic E-state index is -0.133. The molecule has 1 heterocycles. The largest absolute Gasteiger partial charge is 0.368 e. The molecule has 5 nitrogen and oxygen atoms in total. The van der Waals surface area contributed by atoms with Crippen molar-refractivity contribution in [3.8, 4) is 0 Å². The number of carbonyl (C=O) groups is 1. The molecule has 0 saturated heterocycles. The molecule has 0 aromatic carbocycles. The second-order valence-electron chi connectivity index (χ2n) is 4.40. The van der Waals surface area contributed by atoms with Gasteiger partial charge in [-0.25, -0.2) is 0 Å². The lowest BCUT2D eigenvalue weighted by Gasteiger charge is -2.11. The van der Waals surface area contributed by atoms with Crippen molar-refractivity contribution in [1.29, 1.82) is 0 Å². The number of anilines is 1. The number of nitrogens with one attached hydrogen (secondary N) is 1. The van der Waals surface area contributed by atoms with Gasteiger partial charge in [-0.05, 0) is 18.1 Å². The van der Waals surface area contributed by atoms with E-state index in [4.69, 9.17) is 0 Å². The lowest BCUT2D eigenvalue weighted by atomic mass is 10.1. The van der Waals surface area contributed by atoms with Crippen LogP contribution in [0.3, 0.4) is 0 Å².